The van der Waals surface area contributed by atoms with Crippen molar-refractivity contribution in [3.05, 3.63) is 0 Å². The summed E-state index contributed by atoms with van der Waals surface area (Å²) < 4.78 is 41.9. The van der Waals surface area contributed by atoms with E-state index in [4.69, 9.17) is 4.74 Å². The van der Waals surface area contributed by atoms with Gasteiger partial charge in [-0.2, -0.15) is 13.2 Å². The molecule has 0 saturated carbocycles. The van der Waals surface area contributed by atoms with Crippen LogP contribution in [0.25, 0.3) is 0 Å². The molecular formula is C14H22F3N3O3. The van der Waals surface area contributed by atoms with Crippen molar-refractivity contribution in [3.63, 3.8) is 0 Å². The molecule has 0 aromatic heterocycles. The summed E-state index contributed by atoms with van der Waals surface area (Å²) in [6, 6.07) is -0.564. The summed E-state index contributed by atoms with van der Waals surface area (Å²) in [4.78, 5) is 28.7. The molecule has 2 fully saturated rings. The van der Waals surface area contributed by atoms with Gasteiger partial charge in [0.25, 0.3) is 0 Å². The molecule has 2 heterocycles. The third-order valence-corrected chi connectivity index (χ3v) is 4.28. The molecule has 2 aliphatic rings. The number of methoxy groups -OCH3 is 1. The quantitative estimate of drug-likeness (QED) is 0.763. The molecule has 2 aliphatic heterocycles. The highest BCUT2D eigenvalue weighted by Crippen LogP contribution is 2.22. The maximum absolute atomic E-state index is 12.6. The number of likely N-dealkylation sites (tertiary alicyclic amines) is 1. The number of amides is 2. The molecule has 0 N–H and O–H groups in total. The van der Waals surface area contributed by atoms with Gasteiger partial charge in [-0.3, -0.25) is 14.6 Å². The molecule has 0 aromatic rings. The summed E-state index contributed by atoms with van der Waals surface area (Å²) in [5.41, 5.74) is 0. The Morgan fingerprint density at radius 1 is 1.09 bits per heavy atom. The summed E-state index contributed by atoms with van der Waals surface area (Å²) in [5, 5.41) is 0. The number of carbonyl (C=O) groups excluding carboxylic acids is 2. The van der Waals surface area contributed by atoms with Gasteiger partial charge in [0, 0.05) is 32.7 Å². The molecule has 0 spiro atoms. The third-order valence-electron chi connectivity index (χ3n) is 4.28. The number of piperazine rings is 1. The van der Waals surface area contributed by atoms with Crippen LogP contribution in [0.2, 0.25) is 0 Å². The van der Waals surface area contributed by atoms with Gasteiger partial charge >= 0.3 is 12.3 Å². The first-order valence-corrected chi connectivity index (χ1v) is 7.74. The lowest BCUT2D eigenvalue weighted by atomic mass is 10.0. The van der Waals surface area contributed by atoms with Crippen LogP contribution in [0.3, 0.4) is 0 Å². The van der Waals surface area contributed by atoms with Gasteiger partial charge in [0.15, 0.2) is 0 Å². The molecule has 1 atom stereocenters. The number of ether oxygens (including phenoxy) is 1. The smallest absolute Gasteiger partial charge is 0.410 e. The van der Waals surface area contributed by atoms with Crippen molar-refractivity contribution in [2.24, 2.45) is 0 Å². The lowest BCUT2D eigenvalue weighted by Gasteiger charge is -2.40. The maximum atomic E-state index is 12.6. The van der Waals surface area contributed by atoms with E-state index < -0.39 is 24.9 Å². The number of hydrogen-bond donors (Lipinski definition) is 0. The lowest BCUT2D eigenvalue weighted by molar-refractivity contribution is -0.153. The Morgan fingerprint density at radius 2 is 1.74 bits per heavy atom. The van der Waals surface area contributed by atoms with Gasteiger partial charge in [-0.05, 0) is 19.3 Å². The SMILES string of the molecule is COC(=O)N1CCCCC1C(=O)N1CCN(CC(F)(F)F)CC1. The summed E-state index contributed by atoms with van der Waals surface area (Å²) in [6.07, 6.45) is -2.52. The van der Waals surface area contributed by atoms with E-state index in [0.717, 1.165) is 12.8 Å². The zero-order valence-corrected chi connectivity index (χ0v) is 13.1. The average Bonchev–Trinajstić information content (AvgIpc) is 2.52. The minimum Gasteiger partial charge on any atom is -0.453 e. The van der Waals surface area contributed by atoms with Gasteiger partial charge < -0.3 is 9.64 Å². The zero-order chi connectivity index (χ0) is 17.0. The minimum atomic E-state index is -4.22. The molecule has 132 valence electrons. The summed E-state index contributed by atoms with van der Waals surface area (Å²) in [7, 11) is 1.27. The molecule has 9 heteroatoms. The highest BCUT2D eigenvalue weighted by Gasteiger charge is 2.37. The zero-order valence-electron chi connectivity index (χ0n) is 13.1. The molecule has 0 aliphatic carbocycles. The molecule has 0 radical (unpaired) electrons. The van der Waals surface area contributed by atoms with Crippen LogP contribution < -0.4 is 0 Å². The number of halogens is 3. The van der Waals surface area contributed by atoms with Crippen molar-refractivity contribution in [2.75, 3.05) is 46.4 Å². The fourth-order valence-electron chi connectivity index (χ4n) is 3.11. The number of piperidine rings is 1. The Kier molecular flexibility index (Phi) is 5.72. The van der Waals surface area contributed by atoms with E-state index in [9.17, 15) is 22.8 Å². The largest absolute Gasteiger partial charge is 0.453 e. The number of nitrogens with zero attached hydrogens (tertiary/aromatic N) is 3. The van der Waals surface area contributed by atoms with E-state index in [1.54, 1.807) is 4.90 Å². The van der Waals surface area contributed by atoms with E-state index in [1.807, 2.05) is 0 Å². The van der Waals surface area contributed by atoms with E-state index in [2.05, 4.69) is 0 Å². The second-order valence-corrected chi connectivity index (χ2v) is 5.89. The number of hydrogen-bond acceptors (Lipinski definition) is 4. The van der Waals surface area contributed by atoms with Crippen LogP contribution in [0.1, 0.15) is 19.3 Å². The highest BCUT2D eigenvalue weighted by molar-refractivity contribution is 5.86. The number of carbonyl (C=O) groups is 2. The minimum absolute atomic E-state index is 0.191. The summed E-state index contributed by atoms with van der Waals surface area (Å²) >= 11 is 0. The van der Waals surface area contributed by atoms with Crippen molar-refractivity contribution < 1.29 is 27.5 Å². The fraction of sp³-hybridized carbons (Fsp3) is 0.857. The van der Waals surface area contributed by atoms with E-state index in [1.165, 1.54) is 16.9 Å². The van der Waals surface area contributed by atoms with Gasteiger partial charge in [-0.1, -0.05) is 0 Å². The summed E-state index contributed by atoms with van der Waals surface area (Å²) in [5.74, 6) is -0.193. The Morgan fingerprint density at radius 3 is 2.30 bits per heavy atom. The molecule has 1 unspecified atom stereocenters. The maximum Gasteiger partial charge on any atom is 0.410 e. The lowest BCUT2D eigenvalue weighted by Crippen LogP contribution is -2.57. The van der Waals surface area contributed by atoms with Crippen LogP contribution in [0, 0.1) is 0 Å². The first kappa shape index (κ1) is 17.8. The van der Waals surface area contributed by atoms with Crippen molar-refractivity contribution in [2.45, 2.75) is 31.5 Å². The predicted molar refractivity (Wildman–Crippen MR) is 75.8 cm³/mol. The average molecular weight is 337 g/mol. The van der Waals surface area contributed by atoms with Crippen LogP contribution >= 0.6 is 0 Å². The first-order valence-electron chi connectivity index (χ1n) is 7.74. The molecule has 0 bridgehead atoms. The molecule has 23 heavy (non-hydrogen) atoms. The van der Waals surface area contributed by atoms with Crippen LogP contribution in [0.5, 0.6) is 0 Å². The second kappa shape index (κ2) is 7.37. The van der Waals surface area contributed by atoms with E-state index >= 15 is 0 Å². The standard InChI is InChI=1S/C14H22F3N3O3/c1-23-13(22)20-5-3-2-4-11(20)12(21)19-8-6-18(7-9-19)10-14(15,16)17/h11H,2-10H2,1H3. The molecular weight excluding hydrogens is 315 g/mol. The summed E-state index contributed by atoms with van der Waals surface area (Å²) in [6.45, 7) is 0.400. The number of rotatable bonds is 2. The molecule has 6 nitrogen and oxygen atoms in total. The monoisotopic (exact) mass is 337 g/mol. The Balaban J connectivity index is 1.91. The highest BCUT2D eigenvalue weighted by atomic mass is 19.4. The molecule has 2 saturated heterocycles. The Labute approximate surface area is 133 Å². The van der Waals surface area contributed by atoms with Crippen molar-refractivity contribution >= 4 is 12.0 Å². The van der Waals surface area contributed by atoms with Gasteiger partial charge in [-0.25, -0.2) is 4.79 Å². The predicted octanol–water partition coefficient (Wildman–Crippen LogP) is 1.31. The van der Waals surface area contributed by atoms with E-state index in [-0.39, 0.29) is 32.1 Å². The third kappa shape index (κ3) is 4.73. The topological polar surface area (TPSA) is 53.1 Å². The Bertz CT molecular complexity index is 437. The van der Waals surface area contributed by atoms with Crippen LogP contribution in [0.4, 0.5) is 18.0 Å². The van der Waals surface area contributed by atoms with Gasteiger partial charge in [0.2, 0.25) is 5.91 Å². The van der Waals surface area contributed by atoms with Crippen molar-refractivity contribution in [3.8, 4) is 0 Å². The van der Waals surface area contributed by atoms with Gasteiger partial charge in [0.1, 0.15) is 6.04 Å². The molecule has 2 rings (SSSR count). The molecule has 2 amide bonds. The fourth-order valence-corrected chi connectivity index (χ4v) is 3.11. The van der Waals surface area contributed by atoms with Gasteiger partial charge in [0.05, 0.1) is 13.7 Å². The van der Waals surface area contributed by atoms with E-state index in [0.29, 0.717) is 13.0 Å². The van der Waals surface area contributed by atoms with Crippen LogP contribution in [-0.2, 0) is 9.53 Å². The Hall–Kier alpha value is -1.51. The normalized spacial score (nSPS) is 23.7. The number of alkyl halides is 3. The van der Waals surface area contributed by atoms with Crippen molar-refractivity contribution in [1.29, 1.82) is 0 Å². The second-order valence-electron chi connectivity index (χ2n) is 5.89. The molecule has 0 aromatic carbocycles. The van der Waals surface area contributed by atoms with Crippen LogP contribution in [-0.4, -0.2) is 85.3 Å². The van der Waals surface area contributed by atoms with Crippen LogP contribution in [0.15, 0.2) is 0 Å². The van der Waals surface area contributed by atoms with Crippen molar-refractivity contribution in [1.82, 2.24) is 14.7 Å². The first-order chi connectivity index (χ1) is 10.8. The van der Waals surface area contributed by atoms with Gasteiger partial charge in [-0.15, -0.1) is 0 Å².